The van der Waals surface area contributed by atoms with Gasteiger partial charge < -0.3 is 19.5 Å². The molecule has 0 aromatic heterocycles. The molecule has 0 unspecified atom stereocenters. The molecule has 0 heterocycles. The molecule has 0 saturated carbocycles. The van der Waals surface area contributed by atoms with E-state index < -0.39 is 8.80 Å². The lowest BCUT2D eigenvalue weighted by Gasteiger charge is -2.08. The van der Waals surface area contributed by atoms with Crippen molar-refractivity contribution in [2.24, 2.45) is 0 Å². The first kappa shape index (κ1) is 5.71. The van der Waals surface area contributed by atoms with Crippen LogP contribution in [0, 0.1) is 0 Å². The largest absolute Gasteiger partial charge is 0.508 e. The average Bonchev–Trinajstić information content (AvgIpc) is 2.29. The van der Waals surface area contributed by atoms with Gasteiger partial charge in [0.2, 0.25) is 0 Å². The molecule has 0 atom stereocenters. The van der Waals surface area contributed by atoms with E-state index in [9.17, 15) is 0 Å². The third kappa shape index (κ3) is 3.01. The Morgan fingerprint density at radius 2 is 1.75 bits per heavy atom. The summed E-state index contributed by atoms with van der Waals surface area (Å²) in [6.07, 6.45) is 0. The van der Waals surface area contributed by atoms with Crippen molar-refractivity contribution in [1.29, 1.82) is 4.29 Å². The summed E-state index contributed by atoms with van der Waals surface area (Å²) in [6, 6.07) is 6.09. The molecule has 4 N–H and O–H groups in total. The minimum absolute atomic E-state index is 0.0315. The van der Waals surface area contributed by atoms with Gasteiger partial charge in [-0.15, -0.1) is 0 Å². The summed E-state index contributed by atoms with van der Waals surface area (Å²) in [5.41, 5.74) is 0.659. The van der Waals surface area contributed by atoms with Crippen molar-refractivity contribution < 1.29 is 19.5 Å². The van der Waals surface area contributed by atoms with Crippen LogP contribution in [0.5, 0.6) is 5.75 Å². The lowest BCUT2D eigenvalue weighted by atomic mass is 10.2. The van der Waals surface area contributed by atoms with Crippen LogP contribution in [0.1, 0.15) is 5.56 Å². The van der Waals surface area contributed by atoms with E-state index in [2.05, 4.69) is 14.4 Å². The molecular weight excluding hydrogens is 176 g/mol. The Morgan fingerprint density at radius 3 is 2.25 bits per heavy atom. The summed E-state index contributed by atoms with van der Waals surface area (Å²) in [7, 11) is -3.56. The smallest absolute Gasteiger partial charge is 0.497 e. The van der Waals surface area contributed by atoms with E-state index in [1.807, 2.05) is 0 Å². The average molecular weight is 192 g/mol. The minimum Gasteiger partial charge on any atom is -0.508 e. The predicted octanol–water partition coefficient (Wildman–Crippen LogP) is -0.610. The number of benzene rings is 1. The van der Waals surface area contributed by atoms with E-state index >= 15 is 0 Å². The summed E-state index contributed by atoms with van der Waals surface area (Å²) in [6.45, 7) is 0. The second-order valence-electron chi connectivity index (χ2n) is 2.53. The van der Waals surface area contributed by atoms with Crippen LogP contribution in [0.4, 0.5) is 0 Å². The highest BCUT2D eigenvalue weighted by molar-refractivity contribution is 6.55. The highest BCUT2D eigenvalue weighted by Crippen LogP contribution is 2.11. The second kappa shape index (κ2) is 3.24. The lowest BCUT2D eigenvalue weighted by Crippen LogP contribution is -2.37. The molecule has 0 amide bonds. The van der Waals surface area contributed by atoms with Gasteiger partial charge in [0.1, 0.15) is 5.75 Å². The number of rotatable bonds is 5. The van der Waals surface area contributed by atoms with Crippen molar-refractivity contribution in [1.82, 2.24) is 0 Å². The van der Waals surface area contributed by atoms with E-state index in [1.54, 1.807) is 12.1 Å². The van der Waals surface area contributed by atoms with Crippen LogP contribution in [0.25, 0.3) is 0 Å². The zero-order valence-electron chi connectivity index (χ0n) is 9.19. The van der Waals surface area contributed by atoms with E-state index in [1.165, 1.54) is 12.1 Å². The Labute approximate surface area is 75.2 Å². The van der Waals surface area contributed by atoms with Crippen molar-refractivity contribution in [2.45, 2.75) is 6.04 Å². The molecule has 0 aliphatic rings. The van der Waals surface area contributed by atoms with Crippen molar-refractivity contribution in [2.75, 3.05) is 0 Å². The van der Waals surface area contributed by atoms with Crippen molar-refractivity contribution in [3.8, 4) is 5.75 Å². The molecule has 0 saturated heterocycles. The minimum atomic E-state index is -3.56. The van der Waals surface area contributed by atoms with E-state index in [-0.39, 0.29) is 11.8 Å². The molecule has 0 aliphatic carbocycles. The quantitative estimate of drug-likeness (QED) is 0.469. The van der Waals surface area contributed by atoms with Gasteiger partial charge in [0.15, 0.2) is 4.29 Å². The van der Waals surface area contributed by atoms with Crippen LogP contribution < -0.4 is 0 Å². The molecule has 0 fully saturated rings. The zero-order valence-corrected chi connectivity index (χ0v) is 7.19. The van der Waals surface area contributed by atoms with Gasteiger partial charge in [0, 0.05) is 6.04 Å². The lowest BCUT2D eigenvalue weighted by molar-refractivity contribution is 0.227. The number of hydrogen-bond donors (Lipinski definition) is 4. The van der Waals surface area contributed by atoms with E-state index in [0.29, 0.717) is 5.56 Å². The first-order chi connectivity index (χ1) is 7.15. The maximum absolute atomic E-state index is 9.03. The SMILES string of the molecule is [3H]O[Si](Cc1ccc(O)cc1)(O[3H])O[3H]. The highest BCUT2D eigenvalue weighted by atomic mass is 28.4. The molecule has 66 valence electrons. The Kier molecular flexibility index (Phi) is 1.54. The van der Waals surface area contributed by atoms with Crippen LogP contribution in [0.15, 0.2) is 24.3 Å². The van der Waals surface area contributed by atoms with Crippen molar-refractivity contribution >= 4 is 8.80 Å². The molecule has 0 bridgehead atoms. The van der Waals surface area contributed by atoms with Crippen LogP contribution in [0.2, 0.25) is 0 Å². The van der Waals surface area contributed by atoms with E-state index in [0.717, 1.165) is 0 Å². The Morgan fingerprint density at radius 1 is 1.17 bits per heavy atom. The normalized spacial score (nSPS) is 14.8. The van der Waals surface area contributed by atoms with Crippen molar-refractivity contribution in [3.63, 3.8) is 0 Å². The number of aromatic hydroxyl groups is 1. The number of hydrogen-bond acceptors (Lipinski definition) is 4. The number of phenolic OH excluding ortho intramolecular Hbond substituents is 1. The molecule has 1 rings (SSSR count). The topological polar surface area (TPSA) is 80.9 Å². The molecular formula is C7H10O4Si. The summed E-state index contributed by atoms with van der Waals surface area (Å²) in [5.74, 6) is 0.108. The molecule has 1 aromatic rings. The molecule has 0 aliphatic heterocycles. The summed E-state index contributed by atoms with van der Waals surface area (Å²) in [5, 5.41) is 9.03. The third-order valence-electron chi connectivity index (χ3n) is 1.36. The molecule has 12 heavy (non-hydrogen) atoms. The predicted molar refractivity (Wildman–Crippen MR) is 44.2 cm³/mol. The summed E-state index contributed by atoms with van der Waals surface area (Å²) >= 11 is 0. The molecule has 5 heteroatoms. The molecule has 0 spiro atoms. The van der Waals surface area contributed by atoms with Gasteiger partial charge in [-0.3, -0.25) is 0 Å². The Bertz CT molecular complexity index is 295. The van der Waals surface area contributed by atoms with Gasteiger partial charge in [0.05, 0.1) is 0 Å². The van der Waals surface area contributed by atoms with Gasteiger partial charge in [0.25, 0.3) is 0 Å². The molecule has 4 nitrogen and oxygen atoms in total. The fourth-order valence-corrected chi connectivity index (χ4v) is 1.60. The van der Waals surface area contributed by atoms with Crippen LogP contribution in [-0.4, -0.2) is 32.6 Å². The van der Waals surface area contributed by atoms with Gasteiger partial charge in [-0.25, -0.2) is 0 Å². The highest BCUT2D eigenvalue weighted by Gasteiger charge is 2.26. The fraction of sp³-hybridized carbons (Fsp3) is 0.143. The monoisotopic (exact) mass is 192 g/mol. The maximum atomic E-state index is 9.03. The van der Waals surface area contributed by atoms with Gasteiger partial charge in [-0.2, -0.15) is 0 Å². The summed E-state index contributed by atoms with van der Waals surface area (Å²) in [4.78, 5) is 12.5. The van der Waals surface area contributed by atoms with Crippen LogP contribution in [-0.2, 0) is 6.04 Å². The van der Waals surface area contributed by atoms with Crippen LogP contribution in [0.3, 0.4) is 0 Å². The zero-order chi connectivity index (χ0) is 11.3. The first-order valence-electron chi connectivity index (χ1n) is 4.59. The standard InChI is InChI=1S/C7H10O4Si/c8-7-3-1-6(2-4-7)5-12(9,10)11/h1-4,8-11H,5H2/i9T,10T,11T. The first-order valence-corrected chi connectivity index (χ1v) is 5.30. The van der Waals surface area contributed by atoms with Crippen LogP contribution >= 0.6 is 0 Å². The van der Waals surface area contributed by atoms with E-state index in [4.69, 9.17) is 9.40 Å². The van der Waals surface area contributed by atoms with Gasteiger partial charge in [-0.1, -0.05) is 12.1 Å². The molecule has 1 aromatic carbocycles. The third-order valence-corrected chi connectivity index (χ3v) is 2.20. The number of phenols is 1. The maximum Gasteiger partial charge on any atom is 0.497 e. The fourth-order valence-electron chi connectivity index (χ4n) is 0.864. The second-order valence-corrected chi connectivity index (χ2v) is 4.25. The van der Waals surface area contributed by atoms with Crippen molar-refractivity contribution in [3.05, 3.63) is 29.8 Å². The molecule has 0 radical (unpaired) electrons. The summed E-state index contributed by atoms with van der Waals surface area (Å²) < 4.78 is 20.2. The Hall–Kier alpha value is -0.883. The van der Waals surface area contributed by atoms with Gasteiger partial charge >= 0.3 is 8.80 Å². The Balaban J connectivity index is 2.78. The van der Waals surface area contributed by atoms with Gasteiger partial charge in [-0.05, 0) is 17.7 Å².